The van der Waals surface area contributed by atoms with E-state index < -0.39 is 72.3 Å². The van der Waals surface area contributed by atoms with Gasteiger partial charge in [-0.1, -0.05) is 166 Å². The van der Waals surface area contributed by atoms with E-state index in [-0.39, 0.29) is 12.8 Å². The Hall–Kier alpha value is -1.96. The van der Waals surface area contributed by atoms with Crippen LogP contribution in [0.2, 0.25) is 0 Å². The summed E-state index contributed by atoms with van der Waals surface area (Å²) in [5, 5.41) is 19.9. The first kappa shape index (κ1) is 59.0. The average Bonchev–Trinajstić information content (AvgIpc) is 3.20. The van der Waals surface area contributed by atoms with Crippen LogP contribution in [-0.2, 0) is 41.8 Å². The molecular weight excluding hydrogens is 826 g/mol. The Labute approximate surface area is 367 Å². The molecule has 5 N–H and O–H groups in total. The summed E-state index contributed by atoms with van der Waals surface area (Å²) in [5.41, 5.74) is 0. The summed E-state index contributed by atoms with van der Waals surface area (Å²) in [6.45, 7) is 3.90. The lowest BCUT2D eigenvalue weighted by atomic mass is 10.0. The maximum Gasteiger partial charge on any atom is 0.472 e. The summed E-state index contributed by atoms with van der Waals surface area (Å²) < 4.78 is 47.7. The lowest BCUT2D eigenvalue weighted by molar-refractivity contribution is -0.161. The lowest BCUT2D eigenvalue weighted by Crippen LogP contribution is -2.30. The Balaban J connectivity index is 4.65. The van der Waals surface area contributed by atoms with Crippen LogP contribution >= 0.6 is 15.6 Å². The number of phosphoric ester groups is 2. The van der Waals surface area contributed by atoms with E-state index >= 15 is 0 Å². The van der Waals surface area contributed by atoms with Crippen LogP contribution < -0.4 is 0 Å². The molecule has 0 radical (unpaired) electrons. The zero-order valence-electron chi connectivity index (χ0n) is 37.5. The predicted molar refractivity (Wildman–Crippen MR) is 240 cm³/mol. The van der Waals surface area contributed by atoms with E-state index in [1.54, 1.807) is 18.2 Å². The van der Waals surface area contributed by atoms with Crippen molar-refractivity contribution in [2.75, 3.05) is 26.4 Å². The summed E-state index contributed by atoms with van der Waals surface area (Å²) in [6, 6.07) is 0. The first-order chi connectivity index (χ1) is 29.1. The Morgan fingerprint density at radius 1 is 0.590 bits per heavy atom. The van der Waals surface area contributed by atoms with E-state index in [0.29, 0.717) is 25.7 Å². The first-order valence-electron chi connectivity index (χ1n) is 22.8. The molecule has 0 aliphatic heterocycles. The number of unbranched alkanes of at least 4 members (excludes halogenated alkanes) is 16. The second-order valence-electron chi connectivity index (χ2n) is 16.0. The Morgan fingerprint density at radius 2 is 1.15 bits per heavy atom. The fourth-order valence-electron chi connectivity index (χ4n) is 5.96. The number of aliphatic hydroxyl groups is 2. The van der Waals surface area contributed by atoms with Gasteiger partial charge in [0.25, 0.3) is 0 Å². The van der Waals surface area contributed by atoms with Crippen LogP contribution in [0.25, 0.3) is 0 Å². The molecule has 4 atom stereocenters. The minimum absolute atomic E-state index is 0.0603. The molecular formula is C45H82O14P2. The minimum Gasteiger partial charge on any atom is -0.462 e. The van der Waals surface area contributed by atoms with Crippen molar-refractivity contribution in [1.29, 1.82) is 0 Å². The molecule has 2 unspecified atom stereocenters. The molecule has 0 amide bonds. The number of esters is 2. The van der Waals surface area contributed by atoms with Crippen LogP contribution in [-0.4, -0.2) is 81.6 Å². The third-order valence-corrected chi connectivity index (χ3v) is 10.9. The van der Waals surface area contributed by atoms with E-state index in [2.05, 4.69) is 42.0 Å². The van der Waals surface area contributed by atoms with Crippen molar-refractivity contribution >= 4 is 27.6 Å². The molecule has 16 heteroatoms. The fraction of sp³-hybridized carbons (Fsp3) is 0.778. The normalized spacial score (nSPS) is 15.0. The van der Waals surface area contributed by atoms with Gasteiger partial charge in [-0.2, -0.15) is 0 Å². The number of rotatable bonds is 42. The number of carbonyl (C=O) groups excluding carboxylic acids is 2. The van der Waals surface area contributed by atoms with Crippen LogP contribution in [0.3, 0.4) is 0 Å². The number of carbonyl (C=O) groups is 2. The molecule has 0 bridgehead atoms. The Kier molecular flexibility index (Phi) is 38.3. The molecule has 0 rings (SSSR count). The maximum atomic E-state index is 12.7. The smallest absolute Gasteiger partial charge is 0.462 e. The van der Waals surface area contributed by atoms with Gasteiger partial charge in [-0.05, 0) is 50.9 Å². The van der Waals surface area contributed by atoms with Crippen molar-refractivity contribution in [3.05, 3.63) is 48.6 Å². The SMILES string of the molecule is CCCCC/C=C\C/C=C\CC(O)/C=C\C=C\CCCC(=O)OC[C@H](COP(=O)(O)OC[C@@H](O)COP(=O)(O)O)OC(=O)CCCCCCCCCCCCCCCC(C)C. The van der Waals surface area contributed by atoms with Crippen LogP contribution in [0, 0.1) is 5.92 Å². The minimum atomic E-state index is -4.88. The zero-order chi connectivity index (χ0) is 45.5. The first-order valence-corrected chi connectivity index (χ1v) is 25.8. The topological polar surface area (TPSA) is 216 Å². The molecule has 14 nitrogen and oxygen atoms in total. The van der Waals surface area contributed by atoms with E-state index in [9.17, 15) is 33.8 Å². The highest BCUT2D eigenvalue weighted by Gasteiger charge is 2.28. The molecule has 356 valence electrons. The van der Waals surface area contributed by atoms with Crippen LogP contribution in [0.5, 0.6) is 0 Å². The van der Waals surface area contributed by atoms with Gasteiger partial charge in [0.05, 0.1) is 25.9 Å². The van der Waals surface area contributed by atoms with Gasteiger partial charge in [0.15, 0.2) is 6.10 Å². The largest absolute Gasteiger partial charge is 0.472 e. The van der Waals surface area contributed by atoms with Crippen molar-refractivity contribution in [1.82, 2.24) is 0 Å². The van der Waals surface area contributed by atoms with Crippen LogP contribution in [0.4, 0.5) is 0 Å². The molecule has 0 fully saturated rings. The van der Waals surface area contributed by atoms with E-state index in [1.165, 1.54) is 77.0 Å². The highest BCUT2D eigenvalue weighted by Crippen LogP contribution is 2.43. The van der Waals surface area contributed by atoms with Gasteiger partial charge in [0.1, 0.15) is 12.7 Å². The van der Waals surface area contributed by atoms with Gasteiger partial charge in [0, 0.05) is 12.8 Å². The summed E-state index contributed by atoms with van der Waals surface area (Å²) in [5.74, 6) is -0.366. The van der Waals surface area contributed by atoms with Crippen molar-refractivity contribution in [3.63, 3.8) is 0 Å². The number of ether oxygens (including phenoxy) is 2. The van der Waals surface area contributed by atoms with Crippen molar-refractivity contribution in [2.24, 2.45) is 5.92 Å². The highest BCUT2D eigenvalue weighted by molar-refractivity contribution is 7.47. The molecule has 0 aromatic heterocycles. The van der Waals surface area contributed by atoms with Gasteiger partial charge in [-0.15, -0.1) is 0 Å². The van der Waals surface area contributed by atoms with Crippen molar-refractivity contribution in [3.8, 4) is 0 Å². The van der Waals surface area contributed by atoms with E-state index in [0.717, 1.165) is 44.4 Å². The predicted octanol–water partition coefficient (Wildman–Crippen LogP) is 10.7. The van der Waals surface area contributed by atoms with Crippen molar-refractivity contribution in [2.45, 2.75) is 193 Å². The second kappa shape index (κ2) is 39.6. The molecule has 61 heavy (non-hydrogen) atoms. The summed E-state index contributed by atoms with van der Waals surface area (Å²) in [7, 11) is -9.72. The standard InChI is InChI=1S/C45H82O14P2/c1-4-5-6-7-8-14-18-22-27-32-41(46)33-28-23-20-25-29-34-44(48)55-38-43(39-58-61(53,54)57-37-42(47)36-56-60(50,51)52)59-45(49)35-30-24-19-16-13-11-9-10-12-15-17-21-26-31-40(2)3/h8,14,20,22-23,27-28,33,40-43,46-47H,4-7,9-13,15-19,21,24-26,29-32,34-39H2,1-3H3,(H,53,54)(H2,50,51,52)/b14-8-,23-20+,27-22-,33-28-/t41?,42-,43+/m0/s1. The van der Waals surface area contributed by atoms with Crippen molar-refractivity contribution < 1.29 is 66.7 Å². The molecule has 0 aromatic carbocycles. The zero-order valence-corrected chi connectivity index (χ0v) is 39.3. The number of phosphoric acid groups is 2. The molecule has 0 aliphatic rings. The molecule has 0 aliphatic carbocycles. The number of allylic oxidation sites excluding steroid dienone is 6. The van der Waals surface area contributed by atoms with Gasteiger partial charge in [0.2, 0.25) is 0 Å². The van der Waals surface area contributed by atoms with Gasteiger partial charge in [-0.3, -0.25) is 23.2 Å². The molecule has 0 saturated carbocycles. The van der Waals surface area contributed by atoms with Gasteiger partial charge in [-0.25, -0.2) is 9.13 Å². The second-order valence-corrected chi connectivity index (χ2v) is 18.7. The average molecular weight is 909 g/mol. The summed E-state index contributed by atoms with van der Waals surface area (Å²) >= 11 is 0. The quantitative estimate of drug-likeness (QED) is 0.0127. The van der Waals surface area contributed by atoms with E-state index in [1.807, 2.05) is 18.2 Å². The lowest BCUT2D eigenvalue weighted by Gasteiger charge is -2.20. The van der Waals surface area contributed by atoms with E-state index in [4.69, 9.17) is 23.8 Å². The third kappa shape index (κ3) is 44.4. The fourth-order valence-corrected chi connectivity index (χ4v) is 7.11. The Bertz CT molecular complexity index is 1300. The number of aliphatic hydroxyl groups excluding tert-OH is 2. The van der Waals surface area contributed by atoms with Crippen LogP contribution in [0.15, 0.2) is 48.6 Å². The third-order valence-electron chi connectivity index (χ3n) is 9.47. The Morgan fingerprint density at radius 3 is 1.77 bits per heavy atom. The number of hydrogen-bond acceptors (Lipinski definition) is 11. The molecule has 0 saturated heterocycles. The molecule has 0 spiro atoms. The monoisotopic (exact) mass is 909 g/mol. The van der Waals surface area contributed by atoms with Gasteiger partial charge < -0.3 is 34.4 Å². The maximum absolute atomic E-state index is 12.7. The number of hydrogen-bond donors (Lipinski definition) is 5. The summed E-state index contributed by atoms with van der Waals surface area (Å²) in [6.07, 6.45) is 35.6. The molecule has 0 heterocycles. The molecule has 0 aromatic rings. The highest BCUT2D eigenvalue weighted by atomic mass is 31.2. The van der Waals surface area contributed by atoms with Crippen LogP contribution in [0.1, 0.15) is 175 Å². The summed E-state index contributed by atoms with van der Waals surface area (Å²) in [4.78, 5) is 52.7. The van der Waals surface area contributed by atoms with Gasteiger partial charge >= 0.3 is 27.6 Å².